The van der Waals surface area contributed by atoms with Gasteiger partial charge in [-0.2, -0.15) is 0 Å². The van der Waals surface area contributed by atoms with Crippen LogP contribution in [0.1, 0.15) is 53.9 Å². The van der Waals surface area contributed by atoms with Crippen molar-refractivity contribution in [2.75, 3.05) is 6.61 Å². The molecule has 0 N–H and O–H groups in total. The van der Waals surface area contributed by atoms with Crippen molar-refractivity contribution in [1.29, 1.82) is 0 Å². The van der Waals surface area contributed by atoms with E-state index in [4.69, 9.17) is 4.74 Å². The monoisotopic (exact) mass is 211 g/mol. The Hall–Kier alpha value is -0.790. The Labute approximate surface area is 94.4 Å². The van der Waals surface area contributed by atoms with E-state index in [-0.39, 0.29) is 0 Å². The molecule has 0 saturated carbocycles. The van der Waals surface area contributed by atoms with Crippen LogP contribution in [0, 0.1) is 5.92 Å². The standard InChI is InChI=1S/C11H19NO.C2H6/c1-4-10-5-6-11(12-7-10)13-8-9(2)3;1-2/h7,9H,4-6,8H2,1-3H3;1-2H3. The molecule has 0 fully saturated rings. The van der Waals surface area contributed by atoms with Gasteiger partial charge in [-0.15, -0.1) is 0 Å². The van der Waals surface area contributed by atoms with Crippen molar-refractivity contribution >= 4 is 5.90 Å². The van der Waals surface area contributed by atoms with Gasteiger partial charge in [0.25, 0.3) is 0 Å². The summed E-state index contributed by atoms with van der Waals surface area (Å²) >= 11 is 0. The predicted octanol–water partition coefficient (Wildman–Crippen LogP) is 4.17. The Morgan fingerprint density at radius 3 is 2.40 bits per heavy atom. The highest BCUT2D eigenvalue weighted by Gasteiger charge is 2.07. The molecule has 2 nitrogen and oxygen atoms in total. The molecule has 1 heterocycles. The first kappa shape index (κ1) is 14.2. The summed E-state index contributed by atoms with van der Waals surface area (Å²) in [7, 11) is 0. The Morgan fingerprint density at radius 1 is 1.33 bits per heavy atom. The van der Waals surface area contributed by atoms with E-state index in [1.165, 1.54) is 5.57 Å². The van der Waals surface area contributed by atoms with E-state index < -0.39 is 0 Å². The van der Waals surface area contributed by atoms with Crippen LogP contribution < -0.4 is 0 Å². The van der Waals surface area contributed by atoms with Crippen molar-refractivity contribution in [3.63, 3.8) is 0 Å². The molecule has 1 aliphatic rings. The first-order valence-corrected chi connectivity index (χ1v) is 6.09. The molecule has 0 spiro atoms. The topological polar surface area (TPSA) is 21.6 Å². The summed E-state index contributed by atoms with van der Waals surface area (Å²) in [5, 5.41) is 0. The molecular weight excluding hydrogens is 186 g/mol. The molecule has 88 valence electrons. The number of hydrogen-bond acceptors (Lipinski definition) is 2. The molecule has 0 unspecified atom stereocenters. The quantitative estimate of drug-likeness (QED) is 0.686. The van der Waals surface area contributed by atoms with Crippen LogP contribution >= 0.6 is 0 Å². The van der Waals surface area contributed by atoms with Gasteiger partial charge in [0.15, 0.2) is 5.90 Å². The van der Waals surface area contributed by atoms with Crippen LogP contribution in [0.3, 0.4) is 0 Å². The van der Waals surface area contributed by atoms with E-state index in [1.807, 2.05) is 20.0 Å². The van der Waals surface area contributed by atoms with Crippen molar-refractivity contribution in [1.82, 2.24) is 0 Å². The van der Waals surface area contributed by atoms with Gasteiger partial charge in [-0.3, -0.25) is 0 Å². The maximum Gasteiger partial charge on any atom is 0.188 e. The molecule has 0 saturated heterocycles. The molecule has 0 radical (unpaired) electrons. The van der Waals surface area contributed by atoms with Crippen molar-refractivity contribution in [2.45, 2.75) is 53.9 Å². The highest BCUT2D eigenvalue weighted by Crippen LogP contribution is 2.16. The number of nitrogens with zero attached hydrogens (tertiary/aromatic N) is 1. The lowest BCUT2D eigenvalue weighted by atomic mass is 10.1. The molecule has 0 aromatic carbocycles. The van der Waals surface area contributed by atoms with Crippen LogP contribution in [0.4, 0.5) is 0 Å². The second-order valence-corrected chi connectivity index (χ2v) is 3.87. The molecule has 0 aromatic rings. The molecule has 0 aromatic heterocycles. The van der Waals surface area contributed by atoms with Crippen molar-refractivity contribution in [3.8, 4) is 0 Å². The molecule has 15 heavy (non-hydrogen) atoms. The van der Waals surface area contributed by atoms with Gasteiger partial charge in [0, 0.05) is 12.6 Å². The molecular formula is C13H25NO. The van der Waals surface area contributed by atoms with E-state index in [0.717, 1.165) is 31.8 Å². The fraction of sp³-hybridized carbons (Fsp3) is 0.769. The first-order chi connectivity index (χ1) is 7.22. The van der Waals surface area contributed by atoms with Gasteiger partial charge >= 0.3 is 0 Å². The Morgan fingerprint density at radius 2 is 2.00 bits per heavy atom. The smallest absolute Gasteiger partial charge is 0.188 e. The summed E-state index contributed by atoms with van der Waals surface area (Å²) in [6, 6.07) is 0. The summed E-state index contributed by atoms with van der Waals surface area (Å²) in [6.07, 6.45) is 5.17. The van der Waals surface area contributed by atoms with Crippen LogP contribution in [0.15, 0.2) is 16.8 Å². The molecule has 0 amide bonds. The third-order valence-corrected chi connectivity index (χ3v) is 2.09. The molecule has 1 rings (SSSR count). The summed E-state index contributed by atoms with van der Waals surface area (Å²) in [6.45, 7) is 11.3. The highest BCUT2D eigenvalue weighted by atomic mass is 16.5. The van der Waals surface area contributed by atoms with Gasteiger partial charge in [0.05, 0.1) is 6.61 Å². The van der Waals surface area contributed by atoms with Crippen molar-refractivity contribution in [3.05, 3.63) is 11.8 Å². The zero-order valence-electron chi connectivity index (χ0n) is 10.8. The second-order valence-electron chi connectivity index (χ2n) is 3.87. The third-order valence-electron chi connectivity index (χ3n) is 2.09. The zero-order chi connectivity index (χ0) is 11.7. The molecule has 0 atom stereocenters. The van der Waals surface area contributed by atoms with Gasteiger partial charge < -0.3 is 4.74 Å². The molecule has 0 bridgehead atoms. The number of rotatable bonds is 3. The summed E-state index contributed by atoms with van der Waals surface area (Å²) < 4.78 is 5.54. The fourth-order valence-electron chi connectivity index (χ4n) is 1.20. The lowest BCUT2D eigenvalue weighted by molar-refractivity contribution is 0.251. The minimum Gasteiger partial charge on any atom is -0.480 e. The van der Waals surface area contributed by atoms with Gasteiger partial charge in [-0.25, -0.2) is 4.99 Å². The predicted molar refractivity (Wildman–Crippen MR) is 67.2 cm³/mol. The van der Waals surface area contributed by atoms with E-state index >= 15 is 0 Å². The highest BCUT2D eigenvalue weighted by molar-refractivity contribution is 5.77. The number of aliphatic imine (C=N–C) groups is 1. The maximum absolute atomic E-state index is 5.54. The maximum atomic E-state index is 5.54. The first-order valence-electron chi connectivity index (χ1n) is 6.09. The van der Waals surface area contributed by atoms with Gasteiger partial charge in [0.2, 0.25) is 0 Å². The van der Waals surface area contributed by atoms with Crippen LogP contribution in [-0.2, 0) is 4.74 Å². The summed E-state index contributed by atoms with van der Waals surface area (Å²) in [4.78, 5) is 4.29. The van der Waals surface area contributed by atoms with Crippen molar-refractivity contribution < 1.29 is 4.74 Å². The normalized spacial score (nSPS) is 15.1. The Kier molecular flexibility index (Phi) is 8.06. The average Bonchev–Trinajstić information content (AvgIpc) is 2.30. The largest absolute Gasteiger partial charge is 0.480 e. The lowest BCUT2D eigenvalue weighted by Crippen LogP contribution is -2.12. The summed E-state index contributed by atoms with van der Waals surface area (Å²) in [5.74, 6) is 1.49. The third kappa shape index (κ3) is 6.32. The van der Waals surface area contributed by atoms with Gasteiger partial charge in [-0.05, 0) is 18.8 Å². The zero-order valence-corrected chi connectivity index (χ0v) is 10.8. The van der Waals surface area contributed by atoms with Gasteiger partial charge in [-0.1, -0.05) is 40.2 Å². The summed E-state index contributed by atoms with van der Waals surface area (Å²) in [5.41, 5.74) is 1.43. The SMILES string of the molecule is CC.CCC1=CN=C(OCC(C)C)CC1. The van der Waals surface area contributed by atoms with Crippen molar-refractivity contribution in [2.24, 2.45) is 10.9 Å². The van der Waals surface area contributed by atoms with E-state index in [0.29, 0.717) is 5.92 Å². The van der Waals surface area contributed by atoms with Crippen LogP contribution in [0.25, 0.3) is 0 Å². The molecule has 2 heteroatoms. The van der Waals surface area contributed by atoms with Crippen LogP contribution in [0.5, 0.6) is 0 Å². The Balaban J connectivity index is 0.000000921. The number of hydrogen-bond donors (Lipinski definition) is 0. The molecule has 0 aliphatic carbocycles. The minimum atomic E-state index is 0.583. The van der Waals surface area contributed by atoms with E-state index in [9.17, 15) is 0 Å². The Bertz CT molecular complexity index is 217. The fourth-order valence-corrected chi connectivity index (χ4v) is 1.20. The second kappa shape index (κ2) is 8.51. The average molecular weight is 211 g/mol. The van der Waals surface area contributed by atoms with E-state index in [1.54, 1.807) is 0 Å². The van der Waals surface area contributed by atoms with Gasteiger partial charge in [0.1, 0.15) is 0 Å². The molecule has 1 aliphatic heterocycles. The van der Waals surface area contributed by atoms with E-state index in [2.05, 4.69) is 25.8 Å². The number of ether oxygens (including phenoxy) is 1. The van der Waals surface area contributed by atoms with Crippen LogP contribution in [0.2, 0.25) is 0 Å². The van der Waals surface area contributed by atoms with Crippen LogP contribution in [-0.4, -0.2) is 12.5 Å². The lowest BCUT2D eigenvalue weighted by Gasteiger charge is -2.14. The minimum absolute atomic E-state index is 0.583. The number of allylic oxidation sites excluding steroid dienone is 1.